The molecule has 2 atom stereocenters. The first kappa shape index (κ1) is 47.5. The molecule has 306 valence electrons. The van der Waals surface area contributed by atoms with Crippen molar-refractivity contribution in [3.63, 3.8) is 0 Å². The van der Waals surface area contributed by atoms with Crippen LogP contribution in [0.15, 0.2) is 48.5 Å². The van der Waals surface area contributed by atoms with Gasteiger partial charge in [-0.1, -0.05) is 0 Å². The topological polar surface area (TPSA) is 175 Å². The molecule has 0 spiro atoms. The maximum Gasteiger partial charge on any atom is 0.410 e. The summed E-state index contributed by atoms with van der Waals surface area (Å²) in [7, 11) is 0. The molecular formula is C39H51I3N6O8. The highest BCUT2D eigenvalue weighted by Crippen LogP contribution is 2.21. The van der Waals surface area contributed by atoms with Crippen LogP contribution in [0.1, 0.15) is 80.0 Å². The number of ether oxygens (including phenoxy) is 1. The highest BCUT2D eigenvalue weighted by atomic mass is 128. The summed E-state index contributed by atoms with van der Waals surface area (Å²) in [5, 5.41) is 8.77. The molecule has 3 amide bonds. The molecule has 2 heterocycles. The molecule has 2 aliphatic carbocycles. The molecule has 4 aliphatic rings. The van der Waals surface area contributed by atoms with Crippen LogP contribution in [0.25, 0.3) is 0 Å². The molecule has 2 saturated carbocycles. The first-order chi connectivity index (χ1) is 26.3. The summed E-state index contributed by atoms with van der Waals surface area (Å²) in [5.74, 6) is -1.10. The van der Waals surface area contributed by atoms with Gasteiger partial charge >= 0.3 is 6.09 Å². The van der Waals surface area contributed by atoms with E-state index >= 15 is 0 Å². The second-order valence-corrected chi connectivity index (χ2v) is 14.8. The third-order valence-electron chi connectivity index (χ3n) is 9.59. The van der Waals surface area contributed by atoms with Crippen LogP contribution in [0.3, 0.4) is 0 Å². The Morgan fingerprint density at radius 2 is 1.05 bits per heavy atom. The van der Waals surface area contributed by atoms with Crippen molar-refractivity contribution in [3.05, 3.63) is 59.7 Å². The van der Waals surface area contributed by atoms with Crippen molar-refractivity contribution in [3.8, 4) is 0 Å². The van der Waals surface area contributed by atoms with Gasteiger partial charge in [-0.25, -0.2) is 4.79 Å². The number of rotatable bonds is 6. The van der Waals surface area contributed by atoms with Crippen molar-refractivity contribution < 1.29 is 38.3 Å². The summed E-state index contributed by atoms with van der Waals surface area (Å²) >= 11 is 4.24. The van der Waals surface area contributed by atoms with Crippen molar-refractivity contribution >= 4 is 114 Å². The van der Waals surface area contributed by atoms with Gasteiger partial charge in [-0.2, -0.15) is 0 Å². The van der Waals surface area contributed by atoms with E-state index in [-0.39, 0.29) is 77.9 Å². The van der Waals surface area contributed by atoms with E-state index in [2.05, 4.69) is 63.0 Å². The van der Waals surface area contributed by atoms with E-state index in [4.69, 9.17) is 4.74 Å². The normalized spacial score (nSPS) is 20.0. The van der Waals surface area contributed by atoms with Crippen molar-refractivity contribution in [2.75, 3.05) is 62.2 Å². The number of hydrogen-bond acceptors (Lipinski definition) is 11. The van der Waals surface area contributed by atoms with Crippen molar-refractivity contribution in [1.29, 1.82) is 0 Å². The molecule has 14 nitrogen and oxygen atoms in total. The fourth-order valence-corrected chi connectivity index (χ4v) is 6.58. The molecule has 0 radical (unpaired) electrons. The molecule has 17 heteroatoms. The summed E-state index contributed by atoms with van der Waals surface area (Å²) in [6, 6.07) is 13.5. The van der Waals surface area contributed by atoms with Gasteiger partial charge in [0.05, 0.1) is 24.9 Å². The third-order valence-corrected chi connectivity index (χ3v) is 9.59. The first-order valence-electron chi connectivity index (χ1n) is 18.5. The predicted molar refractivity (Wildman–Crippen MR) is 242 cm³/mol. The van der Waals surface area contributed by atoms with Crippen molar-refractivity contribution in [1.82, 2.24) is 20.9 Å². The Labute approximate surface area is 368 Å². The molecule has 3 N–H and O–H groups in total. The molecule has 2 saturated heterocycles. The zero-order valence-electron chi connectivity index (χ0n) is 31.9. The van der Waals surface area contributed by atoms with Crippen LogP contribution in [0.4, 0.5) is 16.2 Å². The van der Waals surface area contributed by atoms with Gasteiger partial charge in [-0.15, -0.1) is 24.0 Å². The number of nitrogens with zero attached hydrogens (tertiary/aromatic N) is 3. The summed E-state index contributed by atoms with van der Waals surface area (Å²) in [4.78, 5) is 89.2. The van der Waals surface area contributed by atoms with E-state index in [9.17, 15) is 33.6 Å². The van der Waals surface area contributed by atoms with Crippen LogP contribution in [0.5, 0.6) is 0 Å². The molecule has 56 heavy (non-hydrogen) atoms. The van der Waals surface area contributed by atoms with Gasteiger partial charge in [0.15, 0.2) is 11.6 Å². The first-order valence-corrected chi connectivity index (χ1v) is 24.8. The molecule has 6 rings (SSSR count). The molecule has 0 bridgehead atoms. The summed E-state index contributed by atoms with van der Waals surface area (Å²) < 4.78 is 5.42. The van der Waals surface area contributed by atoms with Crippen LogP contribution >= 0.6 is 61.2 Å². The zero-order chi connectivity index (χ0) is 40.1. The molecule has 2 aromatic rings. The number of carbonyl (C=O) groups excluding carboxylic acids is 7. The maximum absolute atomic E-state index is 12.4. The quantitative estimate of drug-likeness (QED) is 0.261. The Bertz CT molecular complexity index is 1690. The summed E-state index contributed by atoms with van der Waals surface area (Å²) in [6.45, 7) is 11.9. The number of halogens is 3. The van der Waals surface area contributed by atoms with Crippen molar-refractivity contribution in [2.45, 2.75) is 77.0 Å². The molecule has 2 unspecified atom stereocenters. The minimum absolute atomic E-state index is 0. The molecular weight excluding hydrogens is 1060 g/mol. The zero-order valence-corrected chi connectivity index (χ0v) is 38.6. The Morgan fingerprint density at radius 1 is 0.661 bits per heavy atom. The lowest BCUT2D eigenvalue weighted by atomic mass is 9.93. The highest BCUT2D eigenvalue weighted by Gasteiger charge is 2.30. The van der Waals surface area contributed by atoms with Crippen molar-refractivity contribution in [2.24, 2.45) is 0 Å². The van der Waals surface area contributed by atoms with E-state index in [0.29, 0.717) is 63.0 Å². The number of anilines is 2. The number of carbonyl (C=O) groups is 7. The van der Waals surface area contributed by atoms with Crippen LogP contribution < -0.4 is 25.8 Å². The average Bonchev–Trinajstić information content (AvgIpc) is 3.18. The van der Waals surface area contributed by atoms with Gasteiger partial charge in [-0.05, 0) is 82.1 Å². The largest absolute Gasteiger partial charge is 0.444 e. The van der Waals surface area contributed by atoms with E-state index in [0.717, 1.165) is 37.6 Å². The monoisotopic (exact) mass is 1110 g/mol. The van der Waals surface area contributed by atoms with Gasteiger partial charge in [0.1, 0.15) is 17.2 Å². The fraction of sp³-hybridized carbons (Fsp3) is 0.513. The Hall–Kier alpha value is -2.92. The number of nitrogens with one attached hydrogen (secondary N) is 3. The van der Waals surface area contributed by atoms with Crippen LogP contribution in [-0.4, -0.2) is 116 Å². The average molecular weight is 1110 g/mol. The standard InChI is InChI=1S/C22H29N3O5.C17H21N3O3.I2.HI/c1-22(2,3)30-21(29)25-12-10-24(11-13-25)16-6-4-15(5-7-16)20(28)23-18-9-8-17(26)14-19(18)27;21-14-5-6-15(16(22)11-14)19-17(23)12-1-3-13(4-2-12)20-9-7-18-8-10-20;1-2;/h4-7,18H,8-14H2,1-3H3,(H,23,28);1-4,15,18H,5-11H2,(H,19,23);;1H. The van der Waals surface area contributed by atoms with Gasteiger partial charge in [0.25, 0.3) is 11.8 Å². The van der Waals surface area contributed by atoms with Crippen LogP contribution in [-0.2, 0) is 23.9 Å². The van der Waals surface area contributed by atoms with E-state index in [1.54, 1.807) is 29.2 Å². The van der Waals surface area contributed by atoms with Gasteiger partial charge in [0, 0.05) is 125 Å². The number of piperazine rings is 2. The second-order valence-electron chi connectivity index (χ2n) is 14.8. The van der Waals surface area contributed by atoms with Gasteiger partial charge < -0.3 is 35.4 Å². The Kier molecular flexibility index (Phi) is 19.4. The van der Waals surface area contributed by atoms with Gasteiger partial charge in [0.2, 0.25) is 0 Å². The number of hydrogen-bond donors (Lipinski definition) is 3. The third kappa shape index (κ3) is 14.5. The lowest BCUT2D eigenvalue weighted by molar-refractivity contribution is -0.132. The SMILES string of the molecule is CC(C)(C)OC(=O)N1CCN(c2ccc(C(=O)NC3CCC(=O)CC3=O)cc2)CC1.I.II.O=C1CCC(NC(=O)c2ccc(N3CCNCC3)cc2)C(=O)C1. The lowest BCUT2D eigenvalue weighted by Gasteiger charge is -2.36. The lowest BCUT2D eigenvalue weighted by Crippen LogP contribution is -2.50. The summed E-state index contributed by atoms with van der Waals surface area (Å²) in [6.07, 6.45) is 0.995. The fourth-order valence-electron chi connectivity index (χ4n) is 6.58. The maximum atomic E-state index is 12.4. The smallest absolute Gasteiger partial charge is 0.410 e. The molecule has 0 aromatic heterocycles. The van der Waals surface area contributed by atoms with E-state index in [1.807, 2.05) is 45.0 Å². The van der Waals surface area contributed by atoms with Crippen LogP contribution in [0.2, 0.25) is 0 Å². The number of Topliss-reactive ketones (excluding diaryl/α,β-unsaturated/α-hetero) is 4. The number of ketones is 4. The Morgan fingerprint density at radius 3 is 1.43 bits per heavy atom. The number of amides is 3. The minimum atomic E-state index is -0.587. The van der Waals surface area contributed by atoms with Gasteiger partial charge in [-0.3, -0.25) is 28.8 Å². The Balaban J connectivity index is 0.000000291. The predicted octanol–water partition coefficient (Wildman–Crippen LogP) is 5.07. The second kappa shape index (κ2) is 22.9. The molecule has 2 aromatic carbocycles. The summed E-state index contributed by atoms with van der Waals surface area (Å²) in [5.41, 5.74) is 2.56. The van der Waals surface area contributed by atoms with Crippen LogP contribution in [0, 0.1) is 0 Å². The van der Waals surface area contributed by atoms with E-state index < -0.39 is 17.7 Å². The van der Waals surface area contributed by atoms with E-state index in [1.165, 1.54) is 0 Å². The minimum Gasteiger partial charge on any atom is -0.444 e. The highest BCUT2D eigenvalue weighted by molar-refractivity contribution is 15.0. The molecule has 2 aliphatic heterocycles. The molecule has 4 fully saturated rings. The number of benzene rings is 2.